The van der Waals surface area contributed by atoms with Crippen molar-refractivity contribution in [3.05, 3.63) is 82.8 Å². The Morgan fingerprint density at radius 2 is 1.78 bits per heavy atom. The summed E-state index contributed by atoms with van der Waals surface area (Å²) in [5.74, 6) is 0.237. The molecule has 7 nitrogen and oxygen atoms in total. The highest BCUT2D eigenvalue weighted by molar-refractivity contribution is 6.51. The standard InChI is InChI=1S/C25H21NO6/c1-3-15-5-8-17(9-6-15)26-22(19-10-4-14(2)32-19)21(24(28)25(26)29)23(27)16-7-11-18-20(12-16)31-13-30-18/h4-12,22,27H,3,13H2,1-2H3/b23-21-. The lowest BCUT2D eigenvalue weighted by Crippen LogP contribution is -2.29. The van der Waals surface area contributed by atoms with Crippen LogP contribution in [0, 0.1) is 6.92 Å². The molecule has 1 N–H and O–H groups in total. The van der Waals surface area contributed by atoms with Gasteiger partial charge in [-0.25, -0.2) is 0 Å². The number of ether oxygens (including phenoxy) is 2. The van der Waals surface area contributed by atoms with Gasteiger partial charge in [0.15, 0.2) is 11.5 Å². The molecule has 7 heteroatoms. The van der Waals surface area contributed by atoms with Crippen LogP contribution in [-0.2, 0) is 16.0 Å². The molecule has 2 aliphatic heterocycles. The number of furan rings is 1. The number of benzene rings is 2. The summed E-state index contributed by atoms with van der Waals surface area (Å²) < 4.78 is 16.5. The number of fused-ring (bicyclic) bond motifs is 1. The number of hydrogen-bond donors (Lipinski definition) is 1. The molecule has 3 heterocycles. The van der Waals surface area contributed by atoms with Crippen LogP contribution in [0.5, 0.6) is 11.5 Å². The maximum Gasteiger partial charge on any atom is 0.300 e. The molecule has 0 aliphatic carbocycles. The van der Waals surface area contributed by atoms with Gasteiger partial charge in [0.25, 0.3) is 11.7 Å². The maximum atomic E-state index is 13.1. The molecule has 1 amide bonds. The van der Waals surface area contributed by atoms with E-state index in [1.807, 2.05) is 19.1 Å². The van der Waals surface area contributed by atoms with Gasteiger partial charge in [-0.05, 0) is 61.4 Å². The van der Waals surface area contributed by atoms with Gasteiger partial charge in [-0.15, -0.1) is 0 Å². The zero-order valence-electron chi connectivity index (χ0n) is 17.6. The zero-order chi connectivity index (χ0) is 22.4. The predicted octanol–water partition coefficient (Wildman–Crippen LogP) is 4.51. The summed E-state index contributed by atoms with van der Waals surface area (Å²) in [5, 5.41) is 11.2. The maximum absolute atomic E-state index is 13.1. The number of anilines is 1. The molecule has 1 saturated heterocycles. The lowest BCUT2D eigenvalue weighted by molar-refractivity contribution is -0.132. The molecule has 0 spiro atoms. The van der Waals surface area contributed by atoms with E-state index in [0.29, 0.717) is 34.3 Å². The molecule has 1 aromatic heterocycles. The van der Waals surface area contributed by atoms with E-state index in [1.165, 1.54) is 4.90 Å². The number of hydrogen-bond acceptors (Lipinski definition) is 6. The Kier molecular flexibility index (Phi) is 4.74. The van der Waals surface area contributed by atoms with Gasteiger partial charge < -0.3 is 19.0 Å². The fraction of sp³-hybridized carbons (Fsp3) is 0.200. The lowest BCUT2D eigenvalue weighted by atomic mass is 9.99. The minimum atomic E-state index is -0.901. The predicted molar refractivity (Wildman–Crippen MR) is 117 cm³/mol. The Hall–Kier alpha value is -4.00. The minimum absolute atomic E-state index is 0.0391. The Bertz CT molecular complexity index is 1250. The van der Waals surface area contributed by atoms with Crippen LogP contribution >= 0.6 is 0 Å². The van der Waals surface area contributed by atoms with E-state index >= 15 is 0 Å². The van der Waals surface area contributed by atoms with Crippen LogP contribution in [0.15, 0.2) is 64.6 Å². The quantitative estimate of drug-likeness (QED) is 0.372. The number of carbonyl (C=O) groups is 2. The fourth-order valence-electron chi connectivity index (χ4n) is 4.06. The SMILES string of the molecule is CCc1ccc(N2C(=O)C(=O)/C(=C(\O)c3ccc4c(c3)OCO4)C2c2ccc(C)o2)cc1. The molecular formula is C25H21NO6. The average molecular weight is 431 g/mol. The minimum Gasteiger partial charge on any atom is -0.507 e. The van der Waals surface area contributed by atoms with E-state index in [1.54, 1.807) is 49.4 Å². The molecule has 0 saturated carbocycles. The van der Waals surface area contributed by atoms with Crippen molar-refractivity contribution in [1.82, 2.24) is 0 Å². The van der Waals surface area contributed by atoms with Crippen LogP contribution in [0.2, 0.25) is 0 Å². The summed E-state index contributed by atoms with van der Waals surface area (Å²) in [4.78, 5) is 27.6. The van der Waals surface area contributed by atoms with Crippen molar-refractivity contribution in [2.24, 2.45) is 0 Å². The van der Waals surface area contributed by atoms with Gasteiger partial charge in [-0.3, -0.25) is 14.5 Å². The Morgan fingerprint density at radius 3 is 2.47 bits per heavy atom. The van der Waals surface area contributed by atoms with Gasteiger partial charge in [0.1, 0.15) is 23.3 Å². The van der Waals surface area contributed by atoms with E-state index in [4.69, 9.17) is 13.9 Å². The molecule has 0 bridgehead atoms. The Balaban J connectivity index is 1.67. The normalized spacial score (nSPS) is 19.1. The van der Waals surface area contributed by atoms with Crippen LogP contribution in [0.3, 0.4) is 0 Å². The number of rotatable bonds is 4. The largest absolute Gasteiger partial charge is 0.507 e. The molecule has 3 aromatic rings. The van der Waals surface area contributed by atoms with Crippen molar-refractivity contribution >= 4 is 23.1 Å². The molecule has 0 radical (unpaired) electrons. The van der Waals surface area contributed by atoms with Gasteiger partial charge in [0, 0.05) is 11.3 Å². The summed E-state index contributed by atoms with van der Waals surface area (Å²) >= 11 is 0. The molecule has 1 fully saturated rings. The van der Waals surface area contributed by atoms with Crippen molar-refractivity contribution in [3.63, 3.8) is 0 Å². The van der Waals surface area contributed by atoms with Crippen LogP contribution in [0.1, 0.15) is 35.6 Å². The molecule has 32 heavy (non-hydrogen) atoms. The summed E-state index contributed by atoms with van der Waals surface area (Å²) in [6.07, 6.45) is 0.851. The van der Waals surface area contributed by atoms with Crippen LogP contribution < -0.4 is 14.4 Å². The van der Waals surface area contributed by atoms with E-state index in [0.717, 1.165) is 12.0 Å². The number of ketones is 1. The highest BCUT2D eigenvalue weighted by atomic mass is 16.7. The van der Waals surface area contributed by atoms with Crippen LogP contribution in [0.25, 0.3) is 5.76 Å². The Morgan fingerprint density at radius 1 is 1.03 bits per heavy atom. The molecule has 1 atom stereocenters. The smallest absolute Gasteiger partial charge is 0.300 e. The highest BCUT2D eigenvalue weighted by Gasteiger charge is 2.48. The average Bonchev–Trinajstić information content (AvgIpc) is 3.51. The first-order valence-corrected chi connectivity index (χ1v) is 10.3. The van der Waals surface area contributed by atoms with Crippen molar-refractivity contribution in [2.45, 2.75) is 26.3 Å². The highest BCUT2D eigenvalue weighted by Crippen LogP contribution is 2.43. The molecule has 1 unspecified atom stereocenters. The number of carbonyl (C=O) groups excluding carboxylic acids is 2. The second-order valence-corrected chi connectivity index (χ2v) is 7.71. The van der Waals surface area contributed by atoms with Gasteiger partial charge >= 0.3 is 0 Å². The Labute approximate surface area is 184 Å². The summed E-state index contributed by atoms with van der Waals surface area (Å²) in [5.41, 5.74) is 1.97. The number of amides is 1. The van der Waals surface area contributed by atoms with E-state index < -0.39 is 17.7 Å². The summed E-state index contributed by atoms with van der Waals surface area (Å²) in [6.45, 7) is 3.91. The fourth-order valence-corrected chi connectivity index (χ4v) is 4.06. The molecule has 162 valence electrons. The molecule has 2 aromatic carbocycles. The van der Waals surface area contributed by atoms with E-state index in [-0.39, 0.29) is 18.1 Å². The zero-order valence-corrected chi connectivity index (χ0v) is 17.6. The first kappa shape index (κ1) is 19.9. The molecule has 2 aliphatic rings. The van der Waals surface area contributed by atoms with Gasteiger partial charge in [-0.2, -0.15) is 0 Å². The summed E-state index contributed by atoms with van der Waals surface area (Å²) in [7, 11) is 0. The number of Topliss-reactive ketones (excluding diaryl/α,β-unsaturated/α-hetero) is 1. The number of aliphatic hydroxyl groups is 1. The number of aliphatic hydroxyl groups excluding tert-OH is 1. The summed E-state index contributed by atoms with van der Waals surface area (Å²) in [6, 6.07) is 14.9. The number of nitrogens with zero attached hydrogens (tertiary/aromatic N) is 1. The van der Waals surface area contributed by atoms with Crippen LogP contribution in [-0.4, -0.2) is 23.6 Å². The van der Waals surface area contributed by atoms with Crippen molar-refractivity contribution in [2.75, 3.05) is 11.7 Å². The molecule has 5 rings (SSSR count). The first-order valence-electron chi connectivity index (χ1n) is 10.3. The van der Waals surface area contributed by atoms with Gasteiger partial charge in [-0.1, -0.05) is 19.1 Å². The molecular weight excluding hydrogens is 410 g/mol. The van der Waals surface area contributed by atoms with Crippen LogP contribution in [0.4, 0.5) is 5.69 Å². The van der Waals surface area contributed by atoms with E-state index in [2.05, 4.69) is 0 Å². The van der Waals surface area contributed by atoms with Crippen molar-refractivity contribution in [3.8, 4) is 11.5 Å². The third kappa shape index (κ3) is 3.13. The third-order valence-electron chi connectivity index (χ3n) is 5.74. The van der Waals surface area contributed by atoms with E-state index in [9.17, 15) is 14.7 Å². The van der Waals surface area contributed by atoms with Gasteiger partial charge in [0.05, 0.1) is 5.57 Å². The van der Waals surface area contributed by atoms with Crippen molar-refractivity contribution < 1.29 is 28.6 Å². The monoisotopic (exact) mass is 431 g/mol. The first-order chi connectivity index (χ1) is 15.5. The van der Waals surface area contributed by atoms with Crippen molar-refractivity contribution in [1.29, 1.82) is 0 Å². The lowest BCUT2D eigenvalue weighted by Gasteiger charge is -2.23. The third-order valence-corrected chi connectivity index (χ3v) is 5.74. The second kappa shape index (κ2) is 7.60. The second-order valence-electron chi connectivity index (χ2n) is 7.71. The number of aryl methyl sites for hydroxylation is 2. The topological polar surface area (TPSA) is 89.2 Å². The van der Waals surface area contributed by atoms with Gasteiger partial charge in [0.2, 0.25) is 6.79 Å².